The van der Waals surface area contributed by atoms with Gasteiger partial charge in [-0.15, -0.1) is 0 Å². The summed E-state index contributed by atoms with van der Waals surface area (Å²) in [6.45, 7) is 7.74. The third kappa shape index (κ3) is 6.45. The highest BCUT2D eigenvalue weighted by Gasteiger charge is 2.53. The van der Waals surface area contributed by atoms with Gasteiger partial charge in [-0.3, -0.25) is 14.4 Å². The van der Waals surface area contributed by atoms with Crippen LogP contribution in [0.15, 0.2) is 18.2 Å². The molecule has 0 aromatic heterocycles. The van der Waals surface area contributed by atoms with E-state index >= 15 is 0 Å². The molecule has 184 valence electrons. The maximum atomic E-state index is 11.9. The predicted molar refractivity (Wildman–Crippen MR) is 118 cm³/mol. The molecule has 0 N–H and O–H groups in total. The van der Waals surface area contributed by atoms with Gasteiger partial charge in [-0.25, -0.2) is 0 Å². The fraction of sp³-hybridized carbons (Fsp3) is 0.625. The molecule has 5 unspecified atom stereocenters. The molecule has 1 fully saturated rings. The molecule has 0 radical (unpaired) electrons. The van der Waals surface area contributed by atoms with Crippen molar-refractivity contribution in [3.8, 4) is 5.75 Å². The van der Waals surface area contributed by atoms with Crippen molar-refractivity contribution < 1.29 is 42.8 Å². The predicted octanol–water partition coefficient (Wildman–Crippen LogP) is 3.22. The number of carbonyl (C=O) groups is 3. The van der Waals surface area contributed by atoms with E-state index in [0.29, 0.717) is 17.2 Å². The summed E-state index contributed by atoms with van der Waals surface area (Å²) in [4.78, 5) is 35.1. The smallest absolute Gasteiger partial charge is 0.303 e. The van der Waals surface area contributed by atoms with E-state index in [2.05, 4.69) is 13.8 Å². The highest BCUT2D eigenvalue weighted by atomic mass is 16.7. The Bertz CT molecular complexity index is 852. The van der Waals surface area contributed by atoms with Gasteiger partial charge >= 0.3 is 17.9 Å². The Morgan fingerprint density at radius 3 is 2.27 bits per heavy atom. The summed E-state index contributed by atoms with van der Waals surface area (Å²) in [6, 6.07) is 5.74. The number of hydrogen-bond acceptors (Lipinski definition) is 9. The number of carbonyl (C=O) groups excluding carboxylic acids is 3. The Labute approximate surface area is 194 Å². The Balaban J connectivity index is 2.57. The molecule has 1 aliphatic rings. The van der Waals surface area contributed by atoms with Gasteiger partial charge in [0, 0.05) is 34.3 Å². The Kier molecular flexibility index (Phi) is 9.25. The summed E-state index contributed by atoms with van der Waals surface area (Å²) in [6.07, 6.45) is -1.90. The number of ether oxygens (including phenoxy) is 6. The number of esters is 3. The molecule has 0 saturated carbocycles. The molecule has 0 spiro atoms. The van der Waals surface area contributed by atoms with Crippen LogP contribution in [0.5, 0.6) is 5.75 Å². The van der Waals surface area contributed by atoms with Gasteiger partial charge in [0.1, 0.15) is 24.6 Å². The van der Waals surface area contributed by atoms with Crippen LogP contribution in [0.25, 0.3) is 0 Å². The number of benzene rings is 1. The molecule has 9 heteroatoms. The highest BCUT2D eigenvalue weighted by Crippen LogP contribution is 2.45. The van der Waals surface area contributed by atoms with Gasteiger partial charge in [0.25, 0.3) is 0 Å². The molecule has 9 nitrogen and oxygen atoms in total. The average Bonchev–Trinajstić information content (AvgIpc) is 2.77. The van der Waals surface area contributed by atoms with Gasteiger partial charge in [-0.05, 0) is 30.0 Å². The first-order valence-electron chi connectivity index (χ1n) is 11.0. The van der Waals surface area contributed by atoms with Crippen molar-refractivity contribution in [2.75, 3.05) is 20.8 Å². The van der Waals surface area contributed by atoms with E-state index in [-0.39, 0.29) is 13.0 Å². The second-order valence-electron chi connectivity index (χ2n) is 8.11. The maximum absolute atomic E-state index is 11.9. The minimum absolute atomic E-state index is 0.0244. The largest absolute Gasteiger partial charge is 0.496 e. The van der Waals surface area contributed by atoms with Crippen LogP contribution in [-0.4, -0.2) is 57.0 Å². The van der Waals surface area contributed by atoms with Gasteiger partial charge in [0.2, 0.25) is 5.79 Å². The minimum Gasteiger partial charge on any atom is -0.496 e. The molecule has 0 bridgehead atoms. The average molecular weight is 467 g/mol. The summed E-state index contributed by atoms with van der Waals surface area (Å²) in [5, 5.41) is 0. The highest BCUT2D eigenvalue weighted by molar-refractivity contribution is 5.68. The van der Waals surface area contributed by atoms with Crippen LogP contribution in [0, 0.1) is 0 Å². The van der Waals surface area contributed by atoms with Crippen LogP contribution in [0.2, 0.25) is 0 Å². The van der Waals surface area contributed by atoms with Crippen molar-refractivity contribution in [1.82, 2.24) is 0 Å². The minimum atomic E-state index is -1.42. The first-order valence-corrected chi connectivity index (χ1v) is 11.0. The lowest BCUT2D eigenvalue weighted by Crippen LogP contribution is -2.58. The summed E-state index contributed by atoms with van der Waals surface area (Å²) < 4.78 is 33.9. The lowest BCUT2D eigenvalue weighted by molar-refractivity contribution is -0.326. The summed E-state index contributed by atoms with van der Waals surface area (Å²) >= 11 is 0. The first kappa shape index (κ1) is 26.6. The lowest BCUT2D eigenvalue weighted by Gasteiger charge is -2.46. The van der Waals surface area contributed by atoms with Gasteiger partial charge in [-0.2, -0.15) is 0 Å². The molecule has 0 amide bonds. The third-order valence-electron chi connectivity index (χ3n) is 5.76. The van der Waals surface area contributed by atoms with E-state index < -0.39 is 42.0 Å². The van der Waals surface area contributed by atoms with Crippen LogP contribution in [0.4, 0.5) is 0 Å². The zero-order valence-electron chi connectivity index (χ0n) is 20.3. The molecular formula is C24H34O9. The van der Waals surface area contributed by atoms with Crippen LogP contribution in [-0.2, 0) is 43.9 Å². The molecule has 33 heavy (non-hydrogen) atoms. The first-order chi connectivity index (χ1) is 15.6. The van der Waals surface area contributed by atoms with E-state index in [4.69, 9.17) is 28.4 Å². The topological polar surface area (TPSA) is 107 Å². The molecule has 1 aromatic carbocycles. The number of hydrogen-bond donors (Lipinski definition) is 0. The van der Waals surface area contributed by atoms with Crippen molar-refractivity contribution in [2.45, 2.75) is 77.5 Å². The van der Waals surface area contributed by atoms with Crippen LogP contribution >= 0.6 is 0 Å². The Morgan fingerprint density at radius 1 is 1.09 bits per heavy atom. The zero-order chi connectivity index (χ0) is 24.8. The van der Waals surface area contributed by atoms with E-state index in [1.165, 1.54) is 27.9 Å². The van der Waals surface area contributed by atoms with Crippen molar-refractivity contribution in [3.63, 3.8) is 0 Å². The van der Waals surface area contributed by atoms with E-state index in [1.54, 1.807) is 7.11 Å². The zero-order valence-corrected chi connectivity index (χ0v) is 20.3. The SMILES string of the molecule is CCC(C)c1ccc(C2(OC)CC(OC(C)=O)C(OC(C)=O)C(COC(C)=O)O2)c(OC)c1. The third-order valence-corrected chi connectivity index (χ3v) is 5.76. The Morgan fingerprint density at radius 2 is 1.76 bits per heavy atom. The fourth-order valence-electron chi connectivity index (χ4n) is 3.95. The second-order valence-corrected chi connectivity index (χ2v) is 8.11. The van der Waals surface area contributed by atoms with Gasteiger partial charge < -0.3 is 28.4 Å². The van der Waals surface area contributed by atoms with Crippen molar-refractivity contribution in [1.29, 1.82) is 0 Å². The molecule has 5 atom stereocenters. The van der Waals surface area contributed by atoms with Crippen molar-refractivity contribution in [2.24, 2.45) is 0 Å². The van der Waals surface area contributed by atoms with E-state index in [1.807, 2.05) is 18.2 Å². The van der Waals surface area contributed by atoms with Crippen LogP contribution in [0.1, 0.15) is 64.5 Å². The molecular weight excluding hydrogens is 432 g/mol. The lowest BCUT2D eigenvalue weighted by atomic mass is 9.88. The summed E-state index contributed by atoms with van der Waals surface area (Å²) in [5.74, 6) is -2.25. The molecule has 1 saturated heterocycles. The van der Waals surface area contributed by atoms with E-state index in [9.17, 15) is 14.4 Å². The monoisotopic (exact) mass is 466 g/mol. The number of methoxy groups -OCH3 is 2. The summed E-state index contributed by atoms with van der Waals surface area (Å²) in [7, 11) is 3.01. The maximum Gasteiger partial charge on any atom is 0.303 e. The fourth-order valence-corrected chi connectivity index (χ4v) is 3.95. The molecule has 1 aromatic rings. The number of rotatable bonds is 9. The van der Waals surface area contributed by atoms with Crippen LogP contribution < -0.4 is 4.74 Å². The second kappa shape index (κ2) is 11.5. The van der Waals surface area contributed by atoms with Gasteiger partial charge in [0.05, 0.1) is 12.7 Å². The Hall–Kier alpha value is -2.65. The van der Waals surface area contributed by atoms with Gasteiger partial charge in [0.15, 0.2) is 6.10 Å². The standard InChI is InChI=1S/C24H34O9/c1-8-14(2)18-9-10-19(20(11-18)28-6)24(29-7)12-21(31-16(4)26)23(32-17(5)27)22(33-24)13-30-15(3)25/h9-11,14,21-23H,8,12-13H2,1-7H3. The van der Waals surface area contributed by atoms with Crippen molar-refractivity contribution >= 4 is 17.9 Å². The normalized spacial score (nSPS) is 25.6. The molecule has 0 aliphatic carbocycles. The van der Waals surface area contributed by atoms with Crippen molar-refractivity contribution in [3.05, 3.63) is 29.3 Å². The molecule has 1 heterocycles. The molecule has 1 aliphatic heterocycles. The van der Waals surface area contributed by atoms with E-state index in [0.717, 1.165) is 12.0 Å². The quantitative estimate of drug-likeness (QED) is 0.400. The summed E-state index contributed by atoms with van der Waals surface area (Å²) in [5.41, 5.74) is 1.66. The van der Waals surface area contributed by atoms with Crippen LogP contribution in [0.3, 0.4) is 0 Å². The molecule has 2 rings (SSSR count). The van der Waals surface area contributed by atoms with Gasteiger partial charge in [-0.1, -0.05) is 19.9 Å².